The van der Waals surface area contributed by atoms with E-state index in [0.717, 1.165) is 3.57 Å². The lowest BCUT2D eigenvalue weighted by atomic mass is 10.1. The molecule has 1 aromatic carbocycles. The van der Waals surface area contributed by atoms with E-state index in [1.807, 2.05) is 22.6 Å². The van der Waals surface area contributed by atoms with E-state index in [9.17, 15) is 13.6 Å². The Morgan fingerprint density at radius 3 is 2.77 bits per heavy atom. The van der Waals surface area contributed by atoms with Crippen LogP contribution in [0, 0.1) is 3.57 Å². The third kappa shape index (κ3) is 1.21. The summed E-state index contributed by atoms with van der Waals surface area (Å²) in [6.07, 6.45) is 0. The first-order chi connectivity index (χ1) is 6.01. The molecule has 2 nitrogen and oxygen atoms in total. The summed E-state index contributed by atoms with van der Waals surface area (Å²) in [5, 5.41) is 2.13. The fraction of sp³-hybridized carbons (Fsp3) is 0.125. The molecular formula is C8H4F2INO. The Morgan fingerprint density at radius 2 is 2.08 bits per heavy atom. The van der Waals surface area contributed by atoms with E-state index < -0.39 is 11.8 Å². The van der Waals surface area contributed by atoms with Gasteiger partial charge in [-0.2, -0.15) is 8.78 Å². The maximum absolute atomic E-state index is 13.0. The van der Waals surface area contributed by atoms with Crippen LogP contribution in [0.15, 0.2) is 18.2 Å². The molecule has 68 valence electrons. The smallest absolute Gasteiger partial charge is 0.320 e. The number of alkyl halides is 2. The Bertz CT molecular complexity index is 392. The molecule has 1 amide bonds. The van der Waals surface area contributed by atoms with Crippen LogP contribution in [0.3, 0.4) is 0 Å². The van der Waals surface area contributed by atoms with Crippen molar-refractivity contribution in [1.82, 2.24) is 0 Å². The molecule has 1 aliphatic rings. The molecule has 1 aliphatic heterocycles. The van der Waals surface area contributed by atoms with Crippen LogP contribution >= 0.6 is 22.6 Å². The number of hydrogen-bond donors (Lipinski definition) is 1. The van der Waals surface area contributed by atoms with Crippen molar-refractivity contribution in [3.63, 3.8) is 0 Å². The quantitative estimate of drug-likeness (QED) is 0.731. The number of amides is 1. The zero-order valence-electron chi connectivity index (χ0n) is 6.27. The van der Waals surface area contributed by atoms with E-state index >= 15 is 0 Å². The van der Waals surface area contributed by atoms with Crippen LogP contribution in [0.5, 0.6) is 0 Å². The summed E-state index contributed by atoms with van der Waals surface area (Å²) in [4.78, 5) is 10.8. The SMILES string of the molecule is O=C1Nc2cc(I)ccc2C1(F)F. The Balaban J connectivity index is 2.62. The van der Waals surface area contributed by atoms with Crippen molar-refractivity contribution in [2.75, 3.05) is 5.32 Å². The minimum absolute atomic E-state index is 0.210. The minimum atomic E-state index is -3.38. The number of carbonyl (C=O) groups excluding carboxylic acids is 1. The summed E-state index contributed by atoms with van der Waals surface area (Å²) in [7, 11) is 0. The van der Waals surface area contributed by atoms with Crippen molar-refractivity contribution >= 4 is 34.2 Å². The van der Waals surface area contributed by atoms with Gasteiger partial charge in [-0.15, -0.1) is 0 Å². The molecule has 2 rings (SSSR count). The first-order valence-corrected chi connectivity index (χ1v) is 4.59. The number of rotatable bonds is 0. The van der Waals surface area contributed by atoms with Crippen molar-refractivity contribution in [1.29, 1.82) is 0 Å². The van der Waals surface area contributed by atoms with Gasteiger partial charge in [0.05, 0.1) is 11.3 Å². The molecule has 0 saturated heterocycles. The van der Waals surface area contributed by atoms with Gasteiger partial charge in [-0.3, -0.25) is 4.79 Å². The maximum atomic E-state index is 13.0. The highest BCUT2D eigenvalue weighted by molar-refractivity contribution is 14.1. The van der Waals surface area contributed by atoms with Gasteiger partial charge in [-0.25, -0.2) is 0 Å². The van der Waals surface area contributed by atoms with Crippen LogP contribution in [0.1, 0.15) is 5.56 Å². The van der Waals surface area contributed by atoms with E-state index in [4.69, 9.17) is 0 Å². The van der Waals surface area contributed by atoms with Crippen LogP contribution in [-0.4, -0.2) is 5.91 Å². The summed E-state index contributed by atoms with van der Waals surface area (Å²) < 4.78 is 26.9. The summed E-state index contributed by atoms with van der Waals surface area (Å²) >= 11 is 2.00. The topological polar surface area (TPSA) is 29.1 Å². The average molecular weight is 295 g/mol. The van der Waals surface area contributed by atoms with Crippen molar-refractivity contribution in [3.8, 4) is 0 Å². The van der Waals surface area contributed by atoms with E-state index in [0.29, 0.717) is 0 Å². The predicted octanol–water partition coefficient (Wildman–Crippen LogP) is 2.34. The average Bonchev–Trinajstić information content (AvgIpc) is 2.23. The normalized spacial score (nSPS) is 18.2. The van der Waals surface area contributed by atoms with Crippen LogP contribution in [0.25, 0.3) is 0 Å². The lowest BCUT2D eigenvalue weighted by Gasteiger charge is -2.05. The summed E-state index contributed by atoms with van der Waals surface area (Å²) in [6.45, 7) is 0. The van der Waals surface area contributed by atoms with Crippen molar-refractivity contribution < 1.29 is 13.6 Å². The van der Waals surface area contributed by atoms with Gasteiger partial charge in [-0.1, -0.05) is 0 Å². The van der Waals surface area contributed by atoms with Crippen LogP contribution in [0.4, 0.5) is 14.5 Å². The number of fused-ring (bicyclic) bond motifs is 1. The van der Waals surface area contributed by atoms with Gasteiger partial charge < -0.3 is 5.32 Å². The number of hydrogen-bond acceptors (Lipinski definition) is 1. The predicted molar refractivity (Wildman–Crippen MR) is 51.7 cm³/mol. The number of halogens is 3. The number of nitrogens with one attached hydrogen (secondary N) is 1. The van der Waals surface area contributed by atoms with Gasteiger partial charge in [-0.05, 0) is 40.8 Å². The fourth-order valence-corrected chi connectivity index (χ4v) is 1.71. The van der Waals surface area contributed by atoms with Gasteiger partial charge >= 0.3 is 5.92 Å². The van der Waals surface area contributed by atoms with Gasteiger partial charge in [0.2, 0.25) is 0 Å². The Labute approximate surface area is 86.5 Å². The van der Waals surface area contributed by atoms with Gasteiger partial charge in [0.25, 0.3) is 5.91 Å². The number of carbonyl (C=O) groups is 1. The standard InChI is InChI=1S/C8H4F2INO/c9-8(10)5-2-1-4(11)3-6(5)12-7(8)13/h1-3H,(H,12,13). The third-order valence-corrected chi connectivity index (χ3v) is 2.52. The van der Waals surface area contributed by atoms with E-state index in [1.165, 1.54) is 12.1 Å². The highest BCUT2D eigenvalue weighted by atomic mass is 127. The number of anilines is 1. The highest BCUT2D eigenvalue weighted by Crippen LogP contribution is 2.40. The minimum Gasteiger partial charge on any atom is -0.320 e. The van der Waals surface area contributed by atoms with E-state index in [2.05, 4.69) is 5.32 Å². The molecule has 0 fully saturated rings. The third-order valence-electron chi connectivity index (χ3n) is 1.85. The van der Waals surface area contributed by atoms with E-state index in [-0.39, 0.29) is 11.3 Å². The second kappa shape index (κ2) is 2.63. The summed E-state index contributed by atoms with van der Waals surface area (Å²) in [6, 6.07) is 4.34. The van der Waals surface area contributed by atoms with Gasteiger partial charge in [0.15, 0.2) is 0 Å². The molecule has 1 N–H and O–H groups in total. The Morgan fingerprint density at radius 1 is 1.38 bits per heavy atom. The molecular weight excluding hydrogens is 291 g/mol. The second-order valence-electron chi connectivity index (χ2n) is 2.72. The summed E-state index contributed by atoms with van der Waals surface area (Å²) in [5.41, 5.74) is -0.0279. The molecule has 1 heterocycles. The van der Waals surface area contributed by atoms with Crippen LogP contribution in [-0.2, 0) is 10.7 Å². The van der Waals surface area contributed by atoms with Gasteiger partial charge in [0, 0.05) is 3.57 Å². The Hall–Kier alpha value is -0.720. The second-order valence-corrected chi connectivity index (χ2v) is 3.96. The fourth-order valence-electron chi connectivity index (χ4n) is 1.22. The molecule has 0 aliphatic carbocycles. The maximum Gasteiger partial charge on any atom is 0.352 e. The molecule has 0 atom stereocenters. The van der Waals surface area contributed by atoms with Crippen molar-refractivity contribution in [2.45, 2.75) is 5.92 Å². The summed E-state index contributed by atoms with van der Waals surface area (Å²) in [5.74, 6) is -4.62. The molecule has 0 saturated carbocycles. The van der Waals surface area contributed by atoms with Crippen LogP contribution < -0.4 is 5.32 Å². The zero-order chi connectivity index (χ0) is 9.64. The van der Waals surface area contributed by atoms with E-state index in [1.54, 1.807) is 6.07 Å². The Kier molecular flexibility index (Phi) is 1.79. The molecule has 1 aromatic rings. The van der Waals surface area contributed by atoms with Crippen molar-refractivity contribution in [2.24, 2.45) is 0 Å². The number of benzene rings is 1. The molecule has 5 heteroatoms. The van der Waals surface area contributed by atoms with Gasteiger partial charge in [0.1, 0.15) is 0 Å². The van der Waals surface area contributed by atoms with Crippen LogP contribution in [0.2, 0.25) is 0 Å². The monoisotopic (exact) mass is 295 g/mol. The zero-order valence-corrected chi connectivity index (χ0v) is 8.43. The largest absolute Gasteiger partial charge is 0.352 e. The molecule has 0 radical (unpaired) electrons. The molecule has 0 aromatic heterocycles. The first-order valence-electron chi connectivity index (χ1n) is 3.51. The molecule has 0 bridgehead atoms. The first kappa shape index (κ1) is 8.86. The molecule has 13 heavy (non-hydrogen) atoms. The van der Waals surface area contributed by atoms with Crippen molar-refractivity contribution in [3.05, 3.63) is 27.3 Å². The molecule has 0 unspecified atom stereocenters. The molecule has 0 spiro atoms. The highest BCUT2D eigenvalue weighted by Gasteiger charge is 2.48. The lowest BCUT2D eigenvalue weighted by Crippen LogP contribution is -2.23. The lowest BCUT2D eigenvalue weighted by molar-refractivity contribution is -0.139.